The Morgan fingerprint density at radius 2 is 0.902 bits per heavy atom. The summed E-state index contributed by atoms with van der Waals surface area (Å²) in [6, 6.07) is -0.858. The number of aliphatic hydroxyl groups excluding tert-OH is 1. The maximum Gasteiger partial charge on any atom is 0.472 e. The highest BCUT2D eigenvalue weighted by atomic mass is 31.2. The van der Waals surface area contributed by atoms with Crippen LogP contribution in [0.15, 0.2) is 24.3 Å². The number of hydrogen-bond donors (Lipinski definition) is 3. The Bertz CT molecular complexity index is 1050. The molecule has 0 radical (unpaired) electrons. The summed E-state index contributed by atoms with van der Waals surface area (Å²) in [7, 11) is 1.56. The second-order valence-electron chi connectivity index (χ2n) is 19.3. The van der Waals surface area contributed by atoms with Gasteiger partial charge in [-0.1, -0.05) is 237 Å². The highest BCUT2D eigenvalue weighted by molar-refractivity contribution is 7.47. The normalized spacial score (nSPS) is 14.3. The lowest BCUT2D eigenvalue weighted by Crippen LogP contribution is -2.45. The fraction of sp³-hybridized carbons (Fsp3) is 0.904. The van der Waals surface area contributed by atoms with Gasteiger partial charge >= 0.3 is 7.82 Å². The SMILES string of the molecule is CCCCCCCCCC/C=C/CC/C=C/C(O)C(COP(=O)(O)OCC[N+](C)(C)C)NC(=O)CCCCCCCCCCCCCCCCCCCCCCCCCCC. The van der Waals surface area contributed by atoms with Gasteiger partial charge in [0.15, 0.2) is 0 Å². The van der Waals surface area contributed by atoms with E-state index in [9.17, 15) is 19.4 Å². The predicted molar refractivity (Wildman–Crippen MR) is 263 cm³/mol. The van der Waals surface area contributed by atoms with Crippen LogP contribution in [0.1, 0.15) is 251 Å². The van der Waals surface area contributed by atoms with Crippen molar-refractivity contribution in [2.75, 3.05) is 40.9 Å². The Balaban J connectivity index is 4.19. The molecule has 0 aromatic heterocycles. The molecule has 3 N–H and O–H groups in total. The van der Waals surface area contributed by atoms with Crippen molar-refractivity contribution in [3.05, 3.63) is 24.3 Å². The third-order valence-electron chi connectivity index (χ3n) is 11.9. The molecule has 0 saturated heterocycles. The van der Waals surface area contributed by atoms with E-state index in [0.717, 1.165) is 38.5 Å². The summed E-state index contributed by atoms with van der Waals surface area (Å²) >= 11 is 0. The second kappa shape index (κ2) is 44.2. The fourth-order valence-corrected chi connectivity index (χ4v) is 8.50. The monoisotopic (exact) mass is 884 g/mol. The van der Waals surface area contributed by atoms with E-state index in [2.05, 4.69) is 31.3 Å². The number of aliphatic hydroxyl groups is 1. The molecule has 0 aliphatic carbocycles. The van der Waals surface area contributed by atoms with Gasteiger partial charge in [-0.3, -0.25) is 13.8 Å². The van der Waals surface area contributed by atoms with Crippen molar-refractivity contribution >= 4 is 13.7 Å². The van der Waals surface area contributed by atoms with Crippen LogP contribution in [0.4, 0.5) is 0 Å². The van der Waals surface area contributed by atoms with Crippen LogP contribution in [0.25, 0.3) is 0 Å². The van der Waals surface area contributed by atoms with Gasteiger partial charge in [-0.05, 0) is 32.1 Å². The van der Waals surface area contributed by atoms with Crippen molar-refractivity contribution in [3.8, 4) is 0 Å². The number of quaternary nitrogens is 1. The number of carbonyl (C=O) groups is 1. The topological polar surface area (TPSA) is 105 Å². The average Bonchev–Trinajstić information content (AvgIpc) is 3.21. The molecule has 0 aromatic carbocycles. The molecule has 9 heteroatoms. The van der Waals surface area contributed by atoms with Crippen LogP contribution in [0.3, 0.4) is 0 Å². The quantitative estimate of drug-likeness (QED) is 0.0243. The zero-order valence-electron chi connectivity index (χ0n) is 41.2. The Hall–Kier alpha value is -1.02. The molecule has 61 heavy (non-hydrogen) atoms. The molecule has 0 fully saturated rings. The molecule has 0 bridgehead atoms. The van der Waals surface area contributed by atoms with E-state index in [0.29, 0.717) is 17.4 Å². The van der Waals surface area contributed by atoms with E-state index < -0.39 is 20.0 Å². The van der Waals surface area contributed by atoms with E-state index in [1.807, 2.05) is 27.2 Å². The summed E-state index contributed by atoms with van der Waals surface area (Å²) in [4.78, 5) is 23.2. The van der Waals surface area contributed by atoms with Crippen LogP contribution in [-0.2, 0) is 18.4 Å². The Morgan fingerprint density at radius 1 is 0.541 bits per heavy atom. The number of nitrogens with zero attached hydrogens (tertiary/aromatic N) is 1. The maximum atomic E-state index is 12.9. The molecule has 0 aliphatic heterocycles. The van der Waals surface area contributed by atoms with E-state index >= 15 is 0 Å². The largest absolute Gasteiger partial charge is 0.472 e. The number of nitrogens with one attached hydrogen (secondary N) is 1. The van der Waals surface area contributed by atoms with Gasteiger partial charge in [-0.15, -0.1) is 0 Å². The van der Waals surface area contributed by atoms with Crippen molar-refractivity contribution < 1.29 is 32.9 Å². The van der Waals surface area contributed by atoms with Crippen LogP contribution in [0.2, 0.25) is 0 Å². The van der Waals surface area contributed by atoms with E-state index in [1.165, 1.54) is 193 Å². The number of hydrogen-bond acceptors (Lipinski definition) is 5. The highest BCUT2D eigenvalue weighted by Crippen LogP contribution is 2.43. The predicted octanol–water partition coefficient (Wildman–Crippen LogP) is 15.3. The van der Waals surface area contributed by atoms with E-state index in [-0.39, 0.29) is 19.1 Å². The van der Waals surface area contributed by atoms with Crippen molar-refractivity contribution in [1.29, 1.82) is 0 Å². The summed E-state index contributed by atoms with van der Waals surface area (Å²) in [5.74, 6) is -0.183. The molecular weight excluding hydrogens is 780 g/mol. The first-order valence-corrected chi connectivity index (χ1v) is 27.7. The van der Waals surface area contributed by atoms with Gasteiger partial charge < -0.3 is 19.8 Å². The second-order valence-corrected chi connectivity index (χ2v) is 20.7. The molecule has 3 unspecified atom stereocenters. The summed E-state index contributed by atoms with van der Waals surface area (Å²) in [6.45, 7) is 4.81. The van der Waals surface area contributed by atoms with E-state index in [1.54, 1.807) is 6.08 Å². The first-order chi connectivity index (χ1) is 29.5. The van der Waals surface area contributed by atoms with Gasteiger partial charge in [0, 0.05) is 6.42 Å². The van der Waals surface area contributed by atoms with Gasteiger partial charge in [-0.2, -0.15) is 0 Å². The number of likely N-dealkylation sites (N-methyl/N-ethyl adjacent to an activating group) is 1. The van der Waals surface area contributed by atoms with Gasteiger partial charge in [0.1, 0.15) is 13.2 Å². The van der Waals surface area contributed by atoms with Crippen molar-refractivity contribution in [2.45, 2.75) is 264 Å². The van der Waals surface area contributed by atoms with Gasteiger partial charge in [0.05, 0.1) is 39.9 Å². The van der Waals surface area contributed by atoms with Crippen molar-refractivity contribution in [2.24, 2.45) is 0 Å². The minimum absolute atomic E-state index is 0.0584. The first-order valence-electron chi connectivity index (χ1n) is 26.2. The lowest BCUT2D eigenvalue weighted by Gasteiger charge is -2.25. The summed E-state index contributed by atoms with van der Waals surface area (Å²) in [6.07, 6.45) is 54.2. The number of rotatable bonds is 48. The van der Waals surface area contributed by atoms with Gasteiger partial charge in [0.2, 0.25) is 5.91 Å². The molecule has 0 heterocycles. The van der Waals surface area contributed by atoms with Gasteiger partial charge in [0.25, 0.3) is 0 Å². The Labute approximate surface area is 379 Å². The van der Waals surface area contributed by atoms with Crippen LogP contribution >= 0.6 is 7.82 Å². The molecule has 0 aliphatic rings. The van der Waals surface area contributed by atoms with Crippen LogP contribution < -0.4 is 5.32 Å². The molecule has 1 amide bonds. The minimum atomic E-state index is -4.34. The molecular formula is C52H104N2O6P+. The molecule has 0 rings (SSSR count). The fourth-order valence-electron chi connectivity index (χ4n) is 7.77. The summed E-state index contributed by atoms with van der Waals surface area (Å²) in [5.41, 5.74) is 0. The summed E-state index contributed by atoms with van der Waals surface area (Å²) in [5, 5.41) is 13.8. The van der Waals surface area contributed by atoms with Crippen LogP contribution in [0.5, 0.6) is 0 Å². The lowest BCUT2D eigenvalue weighted by molar-refractivity contribution is -0.870. The molecule has 0 saturated carbocycles. The van der Waals surface area contributed by atoms with Crippen molar-refractivity contribution in [3.63, 3.8) is 0 Å². The molecule has 0 spiro atoms. The zero-order chi connectivity index (χ0) is 45.0. The Morgan fingerprint density at radius 3 is 1.31 bits per heavy atom. The average molecular weight is 884 g/mol. The number of unbranched alkanes of at least 4 members (excludes halogenated alkanes) is 33. The van der Waals surface area contributed by atoms with Gasteiger partial charge in [-0.25, -0.2) is 4.57 Å². The lowest BCUT2D eigenvalue weighted by atomic mass is 10.0. The van der Waals surface area contributed by atoms with Crippen molar-refractivity contribution in [1.82, 2.24) is 5.32 Å². The highest BCUT2D eigenvalue weighted by Gasteiger charge is 2.27. The molecule has 362 valence electrons. The number of amides is 1. The molecule has 8 nitrogen and oxygen atoms in total. The first kappa shape index (κ1) is 60.0. The minimum Gasteiger partial charge on any atom is -0.387 e. The smallest absolute Gasteiger partial charge is 0.387 e. The molecule has 3 atom stereocenters. The molecule has 0 aromatic rings. The third kappa shape index (κ3) is 46.8. The Kier molecular flexibility index (Phi) is 43.5. The number of phosphoric acid groups is 1. The van der Waals surface area contributed by atoms with Crippen LogP contribution in [0, 0.1) is 0 Å². The number of carbonyl (C=O) groups excluding carboxylic acids is 1. The van der Waals surface area contributed by atoms with E-state index in [4.69, 9.17) is 9.05 Å². The summed E-state index contributed by atoms with van der Waals surface area (Å²) < 4.78 is 23.6. The van der Waals surface area contributed by atoms with Crippen LogP contribution in [-0.4, -0.2) is 73.4 Å². The maximum absolute atomic E-state index is 12.9. The number of allylic oxidation sites excluding steroid dienone is 3. The third-order valence-corrected chi connectivity index (χ3v) is 12.9. The number of phosphoric ester groups is 1. The zero-order valence-corrected chi connectivity index (χ0v) is 42.1. The standard InChI is InChI=1S/C52H103N2O6P/c1-6-8-10-12-14-16-18-20-22-23-24-25-26-27-28-29-30-31-32-34-36-38-40-42-44-46-52(56)53-50(49-60-61(57,58)59-48-47-54(3,4)5)51(55)45-43-41-39-37-35-33-21-19-17-15-13-11-9-7-2/h35,37,43,45,50-51,55H,6-34,36,38-42,44,46-49H2,1-5H3,(H-,53,56,57,58)/p+1/b37-35+,45-43+.